The van der Waals surface area contributed by atoms with E-state index in [2.05, 4.69) is 19.4 Å². The molecule has 0 radical (unpaired) electrons. The molecule has 0 N–H and O–H groups in total. The van der Waals surface area contributed by atoms with Gasteiger partial charge in [0, 0.05) is 0 Å². The minimum atomic E-state index is 0.0949. The summed E-state index contributed by atoms with van der Waals surface area (Å²) in [5.41, 5.74) is 0. The molecule has 7 heteroatoms. The molecule has 0 saturated carbocycles. The van der Waals surface area contributed by atoms with Crippen LogP contribution in [0.5, 0.6) is 11.8 Å². The van der Waals surface area contributed by atoms with E-state index in [9.17, 15) is 0 Å². The molecule has 0 atom stereocenters. The van der Waals surface area contributed by atoms with E-state index in [0.717, 1.165) is 0 Å². The van der Waals surface area contributed by atoms with E-state index in [1.165, 1.54) is 12.5 Å². The van der Waals surface area contributed by atoms with Gasteiger partial charge in [-0.15, -0.1) is 0 Å². The summed E-state index contributed by atoms with van der Waals surface area (Å²) in [6, 6.07) is 0. The maximum Gasteiger partial charge on any atom is 0.280 e. The van der Waals surface area contributed by atoms with Crippen molar-refractivity contribution >= 4 is 23.2 Å². The minimum Gasteiger partial charge on any atom is -0.412 e. The van der Waals surface area contributed by atoms with Gasteiger partial charge < -0.3 is 13.8 Å². The van der Waals surface area contributed by atoms with Crippen LogP contribution in [0, 0.1) is 0 Å². The largest absolute Gasteiger partial charge is 0.412 e. The number of ether oxygens (including phenoxy) is 1. The number of halogens is 2. The molecule has 0 saturated heterocycles. The molecule has 0 fully saturated rings. The van der Waals surface area contributed by atoms with Crippen molar-refractivity contribution in [3.05, 3.63) is 22.6 Å². The van der Waals surface area contributed by atoms with Gasteiger partial charge in [-0.05, 0) is 10.3 Å². The Hall–Kier alpha value is -1.20. The first-order chi connectivity index (χ1) is 6.27. The molecule has 0 aliphatic rings. The molecular formula is C6H2Cl2N2O3. The van der Waals surface area contributed by atoms with Gasteiger partial charge in [-0.2, -0.15) is 0 Å². The predicted molar refractivity (Wildman–Crippen MR) is 43.1 cm³/mol. The van der Waals surface area contributed by atoms with Gasteiger partial charge in [0.25, 0.3) is 11.8 Å². The standard InChI is InChI=1S/C6H2Cl2N2O3/c7-3-1-11-9-5(3)13-6-4(8)2-12-10-6/h1-2H. The first-order valence-electron chi connectivity index (χ1n) is 3.15. The number of rotatable bonds is 2. The smallest absolute Gasteiger partial charge is 0.280 e. The molecule has 0 unspecified atom stereocenters. The minimum absolute atomic E-state index is 0.0949. The van der Waals surface area contributed by atoms with Crippen LogP contribution in [-0.2, 0) is 0 Å². The van der Waals surface area contributed by atoms with E-state index >= 15 is 0 Å². The monoisotopic (exact) mass is 220 g/mol. The highest BCUT2D eigenvalue weighted by Crippen LogP contribution is 2.30. The lowest BCUT2D eigenvalue weighted by molar-refractivity contribution is 0.334. The van der Waals surface area contributed by atoms with Gasteiger partial charge in [-0.1, -0.05) is 23.2 Å². The Morgan fingerprint density at radius 3 is 1.77 bits per heavy atom. The average Bonchev–Trinajstić information content (AvgIpc) is 2.65. The molecule has 13 heavy (non-hydrogen) atoms. The quantitative estimate of drug-likeness (QED) is 0.779. The van der Waals surface area contributed by atoms with Crippen LogP contribution >= 0.6 is 23.2 Å². The van der Waals surface area contributed by atoms with Crippen LogP contribution in [0.1, 0.15) is 0 Å². The highest BCUT2D eigenvalue weighted by Gasteiger charge is 2.12. The molecule has 2 aromatic rings. The number of hydrogen-bond acceptors (Lipinski definition) is 5. The Balaban J connectivity index is 2.24. The first kappa shape index (κ1) is 8.40. The third-order valence-electron chi connectivity index (χ3n) is 1.19. The Morgan fingerprint density at radius 1 is 1.00 bits per heavy atom. The van der Waals surface area contributed by atoms with Gasteiger partial charge in [0.15, 0.2) is 0 Å². The molecule has 0 aromatic carbocycles. The maximum atomic E-state index is 5.63. The van der Waals surface area contributed by atoms with Crippen molar-refractivity contribution in [2.75, 3.05) is 0 Å². The fourth-order valence-corrected chi connectivity index (χ4v) is 0.881. The van der Waals surface area contributed by atoms with E-state index in [4.69, 9.17) is 27.9 Å². The second-order valence-corrected chi connectivity index (χ2v) is 2.85. The SMILES string of the molecule is Clc1conc1Oc1nocc1Cl. The first-order valence-corrected chi connectivity index (χ1v) is 3.90. The van der Waals surface area contributed by atoms with Crippen LogP contribution in [-0.4, -0.2) is 10.3 Å². The zero-order chi connectivity index (χ0) is 9.26. The molecule has 68 valence electrons. The number of hydrogen-bond donors (Lipinski definition) is 0. The molecular weight excluding hydrogens is 219 g/mol. The Labute approximate surface area is 82.1 Å². The van der Waals surface area contributed by atoms with Gasteiger partial charge in [-0.3, -0.25) is 0 Å². The molecule has 0 aliphatic heterocycles. The van der Waals surface area contributed by atoms with Crippen LogP contribution in [0.15, 0.2) is 21.6 Å². The van der Waals surface area contributed by atoms with E-state index in [-0.39, 0.29) is 21.8 Å². The summed E-state index contributed by atoms with van der Waals surface area (Å²) in [6.07, 6.45) is 2.45. The molecule has 2 heterocycles. The van der Waals surface area contributed by atoms with Crippen LogP contribution in [0.4, 0.5) is 0 Å². The third-order valence-corrected chi connectivity index (χ3v) is 1.69. The summed E-state index contributed by atoms with van der Waals surface area (Å²) in [5, 5.41) is 7.40. The summed E-state index contributed by atoms with van der Waals surface area (Å²) in [4.78, 5) is 0. The topological polar surface area (TPSA) is 61.3 Å². The number of nitrogens with zero attached hydrogens (tertiary/aromatic N) is 2. The summed E-state index contributed by atoms with van der Waals surface area (Å²) in [7, 11) is 0. The van der Waals surface area contributed by atoms with Gasteiger partial charge in [0.05, 0.1) is 0 Å². The highest BCUT2D eigenvalue weighted by atomic mass is 35.5. The van der Waals surface area contributed by atoms with Crippen molar-refractivity contribution in [1.29, 1.82) is 0 Å². The van der Waals surface area contributed by atoms with Crippen molar-refractivity contribution in [3.8, 4) is 11.8 Å². The molecule has 2 rings (SSSR count). The van der Waals surface area contributed by atoms with Gasteiger partial charge in [0.1, 0.15) is 22.6 Å². The summed E-state index contributed by atoms with van der Waals surface area (Å²) in [5.74, 6) is 0.190. The highest BCUT2D eigenvalue weighted by molar-refractivity contribution is 6.32. The zero-order valence-corrected chi connectivity index (χ0v) is 7.54. The predicted octanol–water partition coefficient (Wildman–Crippen LogP) is 2.76. The summed E-state index contributed by atoms with van der Waals surface area (Å²) in [6.45, 7) is 0. The van der Waals surface area contributed by atoms with Crippen LogP contribution in [0.25, 0.3) is 0 Å². The van der Waals surface area contributed by atoms with Gasteiger partial charge in [0.2, 0.25) is 0 Å². The average molecular weight is 221 g/mol. The van der Waals surface area contributed by atoms with Crippen LogP contribution < -0.4 is 4.74 Å². The van der Waals surface area contributed by atoms with Gasteiger partial charge in [-0.25, -0.2) is 0 Å². The lowest BCUT2D eigenvalue weighted by Gasteiger charge is -1.94. The van der Waals surface area contributed by atoms with Crippen molar-refractivity contribution in [1.82, 2.24) is 10.3 Å². The van der Waals surface area contributed by atoms with Crippen molar-refractivity contribution in [3.63, 3.8) is 0 Å². The third kappa shape index (κ3) is 1.61. The molecule has 0 bridgehead atoms. The van der Waals surface area contributed by atoms with Crippen molar-refractivity contribution < 1.29 is 13.8 Å². The second-order valence-electron chi connectivity index (χ2n) is 2.04. The summed E-state index contributed by atoms with van der Waals surface area (Å²) >= 11 is 11.3. The maximum absolute atomic E-state index is 5.63. The summed E-state index contributed by atoms with van der Waals surface area (Å²) < 4.78 is 14.1. The van der Waals surface area contributed by atoms with E-state index < -0.39 is 0 Å². The zero-order valence-electron chi connectivity index (χ0n) is 6.03. The van der Waals surface area contributed by atoms with Crippen molar-refractivity contribution in [2.45, 2.75) is 0 Å². The fraction of sp³-hybridized carbons (Fsp3) is 0. The molecule has 0 amide bonds. The molecule has 5 nitrogen and oxygen atoms in total. The lowest BCUT2D eigenvalue weighted by Crippen LogP contribution is -1.84. The van der Waals surface area contributed by atoms with Crippen LogP contribution in [0.2, 0.25) is 10.0 Å². The molecule has 0 spiro atoms. The van der Waals surface area contributed by atoms with E-state index in [1.807, 2.05) is 0 Å². The fourth-order valence-electron chi connectivity index (χ4n) is 0.655. The number of aromatic nitrogens is 2. The molecule has 2 aromatic heterocycles. The second kappa shape index (κ2) is 3.27. The van der Waals surface area contributed by atoms with E-state index in [1.54, 1.807) is 0 Å². The van der Waals surface area contributed by atoms with E-state index in [0.29, 0.717) is 0 Å². The van der Waals surface area contributed by atoms with Crippen LogP contribution in [0.3, 0.4) is 0 Å². The lowest BCUT2D eigenvalue weighted by atomic mass is 10.6. The molecule has 0 aliphatic carbocycles. The normalized spacial score (nSPS) is 10.3. The van der Waals surface area contributed by atoms with Crippen molar-refractivity contribution in [2.24, 2.45) is 0 Å². The Morgan fingerprint density at radius 2 is 1.46 bits per heavy atom. The van der Waals surface area contributed by atoms with Gasteiger partial charge >= 0.3 is 0 Å². The Kier molecular flexibility index (Phi) is 2.12. The Bertz CT molecular complexity index is 373.